The third kappa shape index (κ3) is 5.00. The number of nitrogens with one attached hydrogen (secondary N) is 1. The fraction of sp³-hybridized carbons (Fsp3) is 0.235. The Balaban J connectivity index is 1.81. The van der Waals surface area contributed by atoms with Gasteiger partial charge in [-0.3, -0.25) is 4.79 Å². The minimum Gasteiger partial charge on any atom is -0.352 e. The summed E-state index contributed by atoms with van der Waals surface area (Å²) >= 11 is 0. The SMILES string of the molecule is CS(=O)(=O)c1ccc(CCC(=O)NCc2ccccc2)cc1. The van der Waals surface area contributed by atoms with Gasteiger partial charge in [0.25, 0.3) is 0 Å². The predicted molar refractivity (Wildman–Crippen MR) is 86.2 cm³/mol. The fourth-order valence-corrected chi connectivity index (χ4v) is 2.68. The summed E-state index contributed by atoms with van der Waals surface area (Å²) in [5, 5.41) is 2.87. The van der Waals surface area contributed by atoms with Crippen molar-refractivity contribution in [1.29, 1.82) is 0 Å². The quantitative estimate of drug-likeness (QED) is 0.889. The van der Waals surface area contributed by atoms with E-state index < -0.39 is 9.84 Å². The van der Waals surface area contributed by atoms with Gasteiger partial charge in [-0.25, -0.2) is 8.42 Å². The monoisotopic (exact) mass is 317 g/mol. The number of amides is 1. The molecule has 0 spiro atoms. The molecule has 0 aliphatic heterocycles. The van der Waals surface area contributed by atoms with E-state index in [0.717, 1.165) is 11.1 Å². The molecule has 22 heavy (non-hydrogen) atoms. The highest BCUT2D eigenvalue weighted by Crippen LogP contribution is 2.11. The number of hydrogen-bond donors (Lipinski definition) is 1. The normalized spacial score (nSPS) is 11.1. The van der Waals surface area contributed by atoms with Gasteiger partial charge in [-0.2, -0.15) is 0 Å². The van der Waals surface area contributed by atoms with Crippen molar-refractivity contribution >= 4 is 15.7 Å². The van der Waals surface area contributed by atoms with Gasteiger partial charge in [-0.1, -0.05) is 42.5 Å². The third-order valence-corrected chi connectivity index (χ3v) is 4.45. The van der Waals surface area contributed by atoms with Crippen LogP contribution in [0.15, 0.2) is 59.5 Å². The van der Waals surface area contributed by atoms with Crippen molar-refractivity contribution < 1.29 is 13.2 Å². The first-order valence-electron chi connectivity index (χ1n) is 7.05. The van der Waals surface area contributed by atoms with Crippen molar-refractivity contribution in [2.45, 2.75) is 24.3 Å². The van der Waals surface area contributed by atoms with Gasteiger partial charge in [-0.05, 0) is 29.7 Å². The van der Waals surface area contributed by atoms with Gasteiger partial charge in [0.2, 0.25) is 5.91 Å². The molecule has 0 bridgehead atoms. The van der Waals surface area contributed by atoms with Crippen molar-refractivity contribution in [3.05, 3.63) is 65.7 Å². The standard InChI is InChI=1S/C17H19NO3S/c1-22(20,21)16-10-7-14(8-11-16)9-12-17(19)18-13-15-5-3-2-4-6-15/h2-8,10-11H,9,12-13H2,1H3,(H,18,19). The average molecular weight is 317 g/mol. The zero-order valence-corrected chi connectivity index (χ0v) is 13.3. The van der Waals surface area contributed by atoms with E-state index in [1.165, 1.54) is 6.26 Å². The van der Waals surface area contributed by atoms with Gasteiger partial charge in [0.1, 0.15) is 0 Å². The lowest BCUT2D eigenvalue weighted by Crippen LogP contribution is -2.22. The molecular weight excluding hydrogens is 298 g/mol. The summed E-state index contributed by atoms with van der Waals surface area (Å²) in [4.78, 5) is 12.1. The van der Waals surface area contributed by atoms with E-state index in [0.29, 0.717) is 24.3 Å². The van der Waals surface area contributed by atoms with Crippen LogP contribution in [0.1, 0.15) is 17.5 Å². The molecule has 2 aromatic carbocycles. The number of carbonyl (C=O) groups is 1. The minimum atomic E-state index is -3.17. The molecule has 0 aliphatic rings. The summed E-state index contributed by atoms with van der Waals surface area (Å²) in [6.07, 6.45) is 2.15. The number of aryl methyl sites for hydroxylation is 1. The summed E-state index contributed by atoms with van der Waals surface area (Å²) in [6, 6.07) is 16.4. The Morgan fingerprint density at radius 2 is 1.59 bits per heavy atom. The molecule has 0 heterocycles. The molecule has 0 saturated carbocycles. The van der Waals surface area contributed by atoms with E-state index in [-0.39, 0.29) is 5.91 Å². The molecule has 116 valence electrons. The summed E-state index contributed by atoms with van der Waals surface area (Å²) in [6.45, 7) is 0.521. The molecule has 1 N–H and O–H groups in total. The second-order valence-corrected chi connectivity index (χ2v) is 7.19. The van der Waals surface area contributed by atoms with E-state index in [1.807, 2.05) is 30.3 Å². The third-order valence-electron chi connectivity index (χ3n) is 3.32. The second-order valence-electron chi connectivity index (χ2n) is 5.18. The van der Waals surface area contributed by atoms with E-state index >= 15 is 0 Å². The molecule has 4 nitrogen and oxygen atoms in total. The van der Waals surface area contributed by atoms with Crippen LogP contribution in [-0.2, 0) is 27.6 Å². The zero-order valence-electron chi connectivity index (χ0n) is 12.5. The largest absolute Gasteiger partial charge is 0.352 e. The molecule has 0 radical (unpaired) electrons. The van der Waals surface area contributed by atoms with Crippen LogP contribution in [0.5, 0.6) is 0 Å². The Morgan fingerprint density at radius 3 is 2.18 bits per heavy atom. The van der Waals surface area contributed by atoms with E-state index in [4.69, 9.17) is 0 Å². The van der Waals surface area contributed by atoms with Crippen LogP contribution in [0, 0.1) is 0 Å². The van der Waals surface area contributed by atoms with Gasteiger partial charge in [0, 0.05) is 19.2 Å². The lowest BCUT2D eigenvalue weighted by atomic mass is 10.1. The molecule has 5 heteroatoms. The van der Waals surface area contributed by atoms with Crippen molar-refractivity contribution in [1.82, 2.24) is 5.32 Å². The first-order valence-corrected chi connectivity index (χ1v) is 8.94. The fourth-order valence-electron chi connectivity index (χ4n) is 2.05. The predicted octanol–water partition coefficient (Wildman–Crippen LogP) is 2.34. The van der Waals surface area contributed by atoms with E-state index in [9.17, 15) is 13.2 Å². The number of benzene rings is 2. The highest BCUT2D eigenvalue weighted by Gasteiger charge is 2.07. The van der Waals surface area contributed by atoms with Crippen LogP contribution in [0.25, 0.3) is 0 Å². The summed E-state index contributed by atoms with van der Waals surface area (Å²) in [5.41, 5.74) is 2.01. The summed E-state index contributed by atoms with van der Waals surface area (Å²) in [7, 11) is -3.17. The molecule has 0 atom stereocenters. The van der Waals surface area contributed by atoms with Crippen LogP contribution in [0.4, 0.5) is 0 Å². The van der Waals surface area contributed by atoms with Gasteiger partial charge in [-0.15, -0.1) is 0 Å². The maximum Gasteiger partial charge on any atom is 0.220 e. The van der Waals surface area contributed by atoms with Crippen LogP contribution in [0.2, 0.25) is 0 Å². The Morgan fingerprint density at radius 1 is 0.955 bits per heavy atom. The van der Waals surface area contributed by atoms with Crippen molar-refractivity contribution in [2.75, 3.05) is 6.26 Å². The molecule has 0 saturated heterocycles. The van der Waals surface area contributed by atoms with Gasteiger partial charge in [0.05, 0.1) is 4.90 Å². The molecule has 0 unspecified atom stereocenters. The molecule has 0 aliphatic carbocycles. The molecule has 0 fully saturated rings. The number of sulfone groups is 1. The van der Waals surface area contributed by atoms with Crippen molar-refractivity contribution in [3.63, 3.8) is 0 Å². The molecule has 1 amide bonds. The molecule has 2 aromatic rings. The molecule has 2 rings (SSSR count). The number of carbonyl (C=O) groups excluding carboxylic acids is 1. The van der Waals surface area contributed by atoms with Gasteiger partial charge < -0.3 is 5.32 Å². The maximum absolute atomic E-state index is 11.8. The lowest BCUT2D eigenvalue weighted by molar-refractivity contribution is -0.121. The summed E-state index contributed by atoms with van der Waals surface area (Å²) in [5.74, 6) is -0.0176. The van der Waals surface area contributed by atoms with Gasteiger partial charge in [0.15, 0.2) is 9.84 Å². The van der Waals surface area contributed by atoms with Crippen LogP contribution < -0.4 is 5.32 Å². The number of hydrogen-bond acceptors (Lipinski definition) is 3. The van der Waals surface area contributed by atoms with Gasteiger partial charge >= 0.3 is 0 Å². The van der Waals surface area contributed by atoms with E-state index in [1.54, 1.807) is 24.3 Å². The van der Waals surface area contributed by atoms with Crippen LogP contribution >= 0.6 is 0 Å². The Labute approximate surface area is 131 Å². The Bertz CT molecular complexity index is 722. The average Bonchev–Trinajstić information content (AvgIpc) is 2.51. The first-order chi connectivity index (χ1) is 10.4. The molecule has 0 aromatic heterocycles. The lowest BCUT2D eigenvalue weighted by Gasteiger charge is -2.06. The smallest absolute Gasteiger partial charge is 0.220 e. The summed E-state index contributed by atoms with van der Waals surface area (Å²) < 4.78 is 22.7. The number of rotatable bonds is 6. The van der Waals surface area contributed by atoms with Crippen molar-refractivity contribution in [2.24, 2.45) is 0 Å². The topological polar surface area (TPSA) is 63.2 Å². The van der Waals surface area contributed by atoms with Crippen LogP contribution in [-0.4, -0.2) is 20.6 Å². The highest BCUT2D eigenvalue weighted by atomic mass is 32.2. The Hall–Kier alpha value is -2.14. The van der Waals surface area contributed by atoms with Crippen LogP contribution in [0.3, 0.4) is 0 Å². The highest BCUT2D eigenvalue weighted by molar-refractivity contribution is 7.90. The maximum atomic E-state index is 11.8. The first kappa shape index (κ1) is 16.2. The second kappa shape index (κ2) is 7.22. The van der Waals surface area contributed by atoms with Crippen molar-refractivity contribution in [3.8, 4) is 0 Å². The van der Waals surface area contributed by atoms with E-state index in [2.05, 4.69) is 5.32 Å². The minimum absolute atomic E-state index is 0.0176. The molecular formula is C17H19NO3S. The Kier molecular flexibility index (Phi) is 5.33. The zero-order chi connectivity index (χ0) is 16.0.